The van der Waals surface area contributed by atoms with Gasteiger partial charge in [-0.05, 0) is 79.1 Å². The number of nitrogens with one attached hydrogen (secondary N) is 2. The number of ether oxygens (including phenoxy) is 3. The first-order valence-corrected chi connectivity index (χ1v) is 15.3. The fraction of sp³-hybridized carbons (Fsp3) is 0.206. The molecule has 0 saturated carbocycles. The minimum Gasteiger partial charge on any atom is -0.490 e. The van der Waals surface area contributed by atoms with E-state index in [1.165, 1.54) is 12.3 Å². The van der Waals surface area contributed by atoms with E-state index in [0.717, 1.165) is 11.1 Å². The highest BCUT2D eigenvalue weighted by Crippen LogP contribution is 2.30. The highest BCUT2D eigenvalue weighted by atomic mass is 35.5. The second-order valence-electron chi connectivity index (χ2n) is 9.87. The average molecular weight is 669 g/mol. The zero-order valence-electron chi connectivity index (χ0n) is 24.6. The summed E-state index contributed by atoms with van der Waals surface area (Å²) in [7, 11) is 0. The molecular formula is C34H32Cl3N3O5. The van der Waals surface area contributed by atoms with E-state index in [-0.39, 0.29) is 11.4 Å². The first-order chi connectivity index (χ1) is 21.7. The van der Waals surface area contributed by atoms with Crippen LogP contribution in [0.2, 0.25) is 15.1 Å². The molecule has 2 amide bonds. The Morgan fingerprint density at radius 3 is 2.22 bits per heavy atom. The Kier molecular flexibility index (Phi) is 12.5. The van der Waals surface area contributed by atoms with Crippen LogP contribution in [0.15, 0.2) is 96.1 Å². The average Bonchev–Trinajstić information content (AvgIpc) is 3.03. The summed E-state index contributed by atoms with van der Waals surface area (Å²) < 4.78 is 17.5. The number of hydrogen-bond acceptors (Lipinski definition) is 6. The molecule has 2 N–H and O–H groups in total. The van der Waals surface area contributed by atoms with Gasteiger partial charge >= 0.3 is 0 Å². The molecule has 0 aromatic heterocycles. The van der Waals surface area contributed by atoms with Gasteiger partial charge in [-0.3, -0.25) is 9.59 Å². The van der Waals surface area contributed by atoms with Gasteiger partial charge in [0.05, 0.1) is 17.8 Å². The lowest BCUT2D eigenvalue weighted by molar-refractivity contribution is -0.132. The minimum atomic E-state index is -0.948. The number of nitrogens with zero attached hydrogens (tertiary/aromatic N) is 1. The van der Waals surface area contributed by atoms with Gasteiger partial charge in [-0.25, -0.2) is 5.43 Å². The van der Waals surface area contributed by atoms with Gasteiger partial charge in [-0.2, -0.15) is 5.10 Å². The summed E-state index contributed by atoms with van der Waals surface area (Å²) in [5.41, 5.74) is 5.02. The molecule has 2 atom stereocenters. The molecule has 4 rings (SSSR count). The minimum absolute atomic E-state index is 0.233. The summed E-state index contributed by atoms with van der Waals surface area (Å²) in [5.74, 6) is 0.385. The fourth-order valence-electron chi connectivity index (χ4n) is 4.15. The van der Waals surface area contributed by atoms with Crippen LogP contribution in [0.1, 0.15) is 30.5 Å². The molecule has 4 aromatic rings. The molecule has 0 aliphatic heterocycles. The van der Waals surface area contributed by atoms with Gasteiger partial charge in [0.1, 0.15) is 18.4 Å². The zero-order chi connectivity index (χ0) is 32.2. The summed E-state index contributed by atoms with van der Waals surface area (Å²) in [4.78, 5) is 26.3. The second kappa shape index (κ2) is 16.7. The number of rotatable bonds is 14. The van der Waals surface area contributed by atoms with Gasteiger partial charge in [-0.1, -0.05) is 77.3 Å². The van der Waals surface area contributed by atoms with Crippen LogP contribution in [-0.4, -0.2) is 36.8 Å². The monoisotopic (exact) mass is 667 g/mol. The number of carbonyl (C=O) groups is 2. The van der Waals surface area contributed by atoms with E-state index in [9.17, 15) is 9.59 Å². The lowest BCUT2D eigenvalue weighted by Gasteiger charge is -2.21. The van der Waals surface area contributed by atoms with Gasteiger partial charge in [0.25, 0.3) is 11.8 Å². The molecule has 8 nitrogen and oxygen atoms in total. The van der Waals surface area contributed by atoms with E-state index in [1.807, 2.05) is 49.4 Å². The largest absolute Gasteiger partial charge is 0.490 e. The molecule has 0 spiro atoms. The van der Waals surface area contributed by atoms with E-state index in [4.69, 9.17) is 49.0 Å². The highest BCUT2D eigenvalue weighted by molar-refractivity contribution is 6.35. The number of halogens is 3. The Labute approximate surface area is 277 Å². The van der Waals surface area contributed by atoms with Crippen molar-refractivity contribution in [3.05, 3.63) is 123 Å². The van der Waals surface area contributed by atoms with Crippen molar-refractivity contribution in [3.8, 4) is 17.2 Å². The first kappa shape index (κ1) is 33.6. The van der Waals surface area contributed by atoms with Crippen LogP contribution in [-0.2, 0) is 22.6 Å². The summed E-state index contributed by atoms with van der Waals surface area (Å²) in [6.45, 7) is 4.21. The molecule has 0 bridgehead atoms. The van der Waals surface area contributed by atoms with Crippen LogP contribution in [0, 0.1) is 0 Å². The van der Waals surface area contributed by atoms with E-state index >= 15 is 0 Å². The topological polar surface area (TPSA) is 98.2 Å². The molecule has 0 fully saturated rings. The number of amides is 2. The third kappa shape index (κ3) is 10.4. The van der Waals surface area contributed by atoms with Crippen molar-refractivity contribution in [3.63, 3.8) is 0 Å². The Hall–Kier alpha value is -4.24. The highest BCUT2D eigenvalue weighted by Gasteiger charge is 2.25. The number of hydrogen-bond donors (Lipinski definition) is 2. The van der Waals surface area contributed by atoms with Gasteiger partial charge in [0.15, 0.2) is 17.6 Å². The maximum Gasteiger partial charge on any atom is 0.262 e. The van der Waals surface area contributed by atoms with Crippen molar-refractivity contribution < 1.29 is 23.8 Å². The molecule has 11 heteroatoms. The molecule has 4 aromatic carbocycles. The third-order valence-electron chi connectivity index (χ3n) is 6.45. The van der Waals surface area contributed by atoms with Gasteiger partial charge in [0, 0.05) is 16.5 Å². The third-order valence-corrected chi connectivity index (χ3v) is 7.23. The van der Waals surface area contributed by atoms with Crippen molar-refractivity contribution in [1.82, 2.24) is 10.7 Å². The van der Waals surface area contributed by atoms with Crippen molar-refractivity contribution in [2.45, 2.75) is 39.0 Å². The fourth-order valence-corrected chi connectivity index (χ4v) is 4.72. The van der Waals surface area contributed by atoms with Crippen LogP contribution in [0.5, 0.6) is 17.2 Å². The van der Waals surface area contributed by atoms with Crippen LogP contribution >= 0.6 is 34.8 Å². The standard InChI is InChI=1S/C34H32Cl3N3O5/c1-3-43-32-18-25(11-15-31(32)44-21-24-9-12-26(35)13-10-24)20-38-40-34(42)29(17-23-7-5-4-6-8-23)39-33(41)22(2)45-30-16-14-27(36)19-28(30)37/h4-16,18-20,22,29H,3,17,21H2,1-2H3,(H,39,41)(H,40,42)/b38-20-/t22-,29+/m0/s1. The van der Waals surface area contributed by atoms with E-state index < -0.39 is 24.0 Å². The molecule has 45 heavy (non-hydrogen) atoms. The summed E-state index contributed by atoms with van der Waals surface area (Å²) >= 11 is 18.1. The molecular weight excluding hydrogens is 637 g/mol. The Bertz CT molecular complexity index is 1620. The van der Waals surface area contributed by atoms with Gasteiger partial charge in [-0.15, -0.1) is 0 Å². The molecule has 0 unspecified atom stereocenters. The van der Waals surface area contributed by atoms with Crippen LogP contribution < -0.4 is 25.0 Å². The quantitative estimate of drug-likeness (QED) is 0.109. The number of benzene rings is 4. The number of hydrazone groups is 1. The molecule has 0 aliphatic rings. The second-order valence-corrected chi connectivity index (χ2v) is 11.2. The lowest BCUT2D eigenvalue weighted by Crippen LogP contribution is -2.50. The maximum absolute atomic E-state index is 13.2. The van der Waals surface area contributed by atoms with E-state index in [2.05, 4.69) is 15.8 Å². The first-order valence-electron chi connectivity index (χ1n) is 14.1. The smallest absolute Gasteiger partial charge is 0.262 e. The van der Waals surface area contributed by atoms with Gasteiger partial charge in [0.2, 0.25) is 0 Å². The van der Waals surface area contributed by atoms with Crippen molar-refractivity contribution in [2.75, 3.05) is 6.61 Å². The van der Waals surface area contributed by atoms with Crippen LogP contribution in [0.3, 0.4) is 0 Å². The predicted octanol–water partition coefficient (Wildman–Crippen LogP) is 7.27. The lowest BCUT2D eigenvalue weighted by atomic mass is 10.1. The Balaban J connectivity index is 1.41. The Morgan fingerprint density at radius 1 is 0.800 bits per heavy atom. The van der Waals surface area contributed by atoms with Crippen LogP contribution in [0.25, 0.3) is 0 Å². The SMILES string of the molecule is CCOc1cc(/C=N\NC(=O)[C@@H](Cc2ccccc2)NC(=O)[C@H](C)Oc2ccc(Cl)cc2Cl)ccc1OCc1ccc(Cl)cc1. The summed E-state index contributed by atoms with van der Waals surface area (Å²) in [5, 5.41) is 8.26. The molecule has 0 radical (unpaired) electrons. The van der Waals surface area contributed by atoms with Crippen LogP contribution in [0.4, 0.5) is 0 Å². The van der Waals surface area contributed by atoms with Crippen molar-refractivity contribution in [1.29, 1.82) is 0 Å². The van der Waals surface area contributed by atoms with E-state index in [1.54, 1.807) is 49.4 Å². The molecule has 234 valence electrons. The van der Waals surface area contributed by atoms with E-state index in [0.29, 0.717) is 46.1 Å². The Morgan fingerprint density at radius 2 is 1.51 bits per heavy atom. The zero-order valence-corrected chi connectivity index (χ0v) is 26.9. The predicted molar refractivity (Wildman–Crippen MR) is 178 cm³/mol. The van der Waals surface area contributed by atoms with Crippen molar-refractivity contribution in [2.24, 2.45) is 5.10 Å². The maximum atomic E-state index is 13.2. The van der Waals surface area contributed by atoms with Crippen molar-refractivity contribution >= 4 is 52.8 Å². The molecule has 0 heterocycles. The number of carbonyl (C=O) groups excluding carboxylic acids is 2. The molecule has 0 saturated heterocycles. The van der Waals surface area contributed by atoms with Gasteiger partial charge < -0.3 is 19.5 Å². The normalized spacial score (nSPS) is 12.3. The summed E-state index contributed by atoms with van der Waals surface area (Å²) in [6.07, 6.45) is 0.769. The summed E-state index contributed by atoms with van der Waals surface area (Å²) in [6, 6.07) is 25.8. The molecule has 0 aliphatic carbocycles.